The molecule has 0 amide bonds. The third-order valence-electron chi connectivity index (χ3n) is 3.97. The predicted octanol–water partition coefficient (Wildman–Crippen LogP) is 3.22. The number of thiophene rings is 1. The topological polar surface area (TPSA) is 17.4 Å². The quantitative estimate of drug-likeness (QED) is 0.841. The lowest BCUT2D eigenvalue weighted by molar-refractivity contribution is 0.152. The number of ether oxygens (including phenoxy) is 1. The van der Waals surface area contributed by atoms with Gasteiger partial charge in [0.05, 0.1) is 0 Å². The largest absolute Gasteiger partial charge is 0.385 e. The van der Waals surface area contributed by atoms with E-state index in [0.29, 0.717) is 5.92 Å². The molecule has 3 heterocycles. The molecule has 3 rings (SSSR count). The Labute approximate surface area is 124 Å². The minimum absolute atomic E-state index is 0.670. The van der Waals surface area contributed by atoms with Crippen molar-refractivity contribution in [3.63, 3.8) is 0 Å². The molecule has 0 bridgehead atoms. The van der Waals surface area contributed by atoms with E-state index in [-0.39, 0.29) is 0 Å². The number of hydrogen-bond donors (Lipinski definition) is 0. The lowest BCUT2D eigenvalue weighted by Crippen LogP contribution is -2.27. The molecule has 0 spiro atoms. The molecule has 1 aliphatic heterocycles. The molecule has 0 unspecified atom stereocenters. The summed E-state index contributed by atoms with van der Waals surface area (Å²) in [6, 6.07) is 8.79. The maximum atomic E-state index is 5.27. The second-order valence-corrected chi connectivity index (χ2v) is 6.58. The average Bonchev–Trinajstić information content (AvgIpc) is 3.06. The minimum atomic E-state index is 0.670. The van der Waals surface area contributed by atoms with E-state index >= 15 is 0 Å². The monoisotopic (exact) mass is 290 g/mol. The van der Waals surface area contributed by atoms with Crippen molar-refractivity contribution in [2.24, 2.45) is 5.92 Å². The van der Waals surface area contributed by atoms with Crippen LogP contribution in [0.25, 0.3) is 0 Å². The van der Waals surface area contributed by atoms with E-state index < -0.39 is 0 Å². The third kappa shape index (κ3) is 3.32. The summed E-state index contributed by atoms with van der Waals surface area (Å²) in [7, 11) is 1.79. The van der Waals surface area contributed by atoms with Gasteiger partial charge in [0.15, 0.2) is 0 Å². The molecule has 2 aromatic heterocycles. The summed E-state index contributed by atoms with van der Waals surface area (Å²) in [5, 5.41) is 2.16. The van der Waals surface area contributed by atoms with Crippen LogP contribution in [0.1, 0.15) is 17.0 Å². The maximum Gasteiger partial charge on any atom is 0.0466 e. The van der Waals surface area contributed by atoms with Gasteiger partial charge in [-0.25, -0.2) is 0 Å². The Kier molecular flexibility index (Phi) is 4.55. The van der Waals surface area contributed by atoms with Crippen LogP contribution in [0.15, 0.2) is 35.8 Å². The summed E-state index contributed by atoms with van der Waals surface area (Å²) in [6.07, 6.45) is 3.35. The van der Waals surface area contributed by atoms with Crippen molar-refractivity contribution in [1.29, 1.82) is 0 Å². The summed E-state index contributed by atoms with van der Waals surface area (Å²) >= 11 is 1.85. The summed E-state index contributed by atoms with van der Waals surface area (Å²) in [6.45, 7) is 5.24. The lowest BCUT2D eigenvalue weighted by atomic mass is 10.1. The lowest BCUT2D eigenvalue weighted by Gasteiger charge is -2.23. The number of hydrogen-bond acceptors (Lipinski definition) is 3. The molecule has 20 heavy (non-hydrogen) atoms. The van der Waals surface area contributed by atoms with E-state index in [1.807, 2.05) is 11.3 Å². The number of rotatable bonds is 5. The highest BCUT2D eigenvalue weighted by molar-refractivity contribution is 7.09. The summed E-state index contributed by atoms with van der Waals surface area (Å²) < 4.78 is 7.68. The van der Waals surface area contributed by atoms with Crippen LogP contribution in [0, 0.1) is 5.92 Å². The van der Waals surface area contributed by atoms with Crippen LogP contribution < -0.4 is 0 Å². The van der Waals surface area contributed by atoms with E-state index in [0.717, 1.165) is 39.2 Å². The van der Waals surface area contributed by atoms with Crippen LogP contribution in [-0.4, -0.2) is 29.7 Å². The summed E-state index contributed by atoms with van der Waals surface area (Å²) in [4.78, 5) is 4.03. The molecule has 2 aromatic rings. The maximum absolute atomic E-state index is 5.27. The van der Waals surface area contributed by atoms with Gasteiger partial charge in [0.25, 0.3) is 0 Å². The Hall–Kier alpha value is -1.10. The van der Waals surface area contributed by atoms with Crippen molar-refractivity contribution >= 4 is 11.3 Å². The van der Waals surface area contributed by atoms with Crippen molar-refractivity contribution < 1.29 is 4.74 Å². The number of fused-ring (bicyclic) bond motifs is 1. The fourth-order valence-electron chi connectivity index (χ4n) is 2.98. The minimum Gasteiger partial charge on any atom is -0.385 e. The first kappa shape index (κ1) is 13.9. The second kappa shape index (κ2) is 6.57. The SMILES string of the molecule is COCC[C@@H]1CN(Cc2cccs2)Cc2cccn2C1. The van der Waals surface area contributed by atoms with Crippen molar-refractivity contribution in [3.8, 4) is 0 Å². The summed E-state index contributed by atoms with van der Waals surface area (Å²) in [5.41, 5.74) is 1.43. The Balaban J connectivity index is 1.73. The standard InChI is InChI=1S/C16H22N2OS/c1-19-8-6-14-10-17(13-16-5-3-9-20-16)12-15-4-2-7-18(15)11-14/h2-5,7,9,14H,6,8,10-13H2,1H3/t14-/m1/s1. The third-order valence-corrected chi connectivity index (χ3v) is 4.83. The Morgan fingerprint density at radius 2 is 2.25 bits per heavy atom. The molecular weight excluding hydrogens is 268 g/mol. The first-order valence-electron chi connectivity index (χ1n) is 7.23. The van der Waals surface area contributed by atoms with E-state index in [2.05, 4.69) is 45.3 Å². The van der Waals surface area contributed by atoms with Crippen LogP contribution in [0.5, 0.6) is 0 Å². The van der Waals surface area contributed by atoms with E-state index in [1.165, 1.54) is 10.6 Å². The molecule has 0 radical (unpaired) electrons. The highest BCUT2D eigenvalue weighted by Crippen LogP contribution is 2.22. The zero-order valence-electron chi connectivity index (χ0n) is 12.0. The van der Waals surface area contributed by atoms with Crippen molar-refractivity contribution in [2.75, 3.05) is 20.3 Å². The Bertz CT molecular complexity index is 520. The molecule has 0 saturated heterocycles. The Morgan fingerprint density at radius 1 is 1.30 bits per heavy atom. The second-order valence-electron chi connectivity index (χ2n) is 5.55. The highest BCUT2D eigenvalue weighted by Gasteiger charge is 2.21. The molecule has 1 atom stereocenters. The molecule has 0 aliphatic carbocycles. The van der Waals surface area contributed by atoms with Gasteiger partial charge in [0, 0.05) is 56.7 Å². The van der Waals surface area contributed by atoms with E-state index in [9.17, 15) is 0 Å². The van der Waals surface area contributed by atoms with Gasteiger partial charge in [-0.2, -0.15) is 0 Å². The van der Waals surface area contributed by atoms with Crippen LogP contribution in [0.3, 0.4) is 0 Å². The molecular formula is C16H22N2OS. The van der Waals surface area contributed by atoms with Crippen LogP contribution in [0.4, 0.5) is 0 Å². The van der Waals surface area contributed by atoms with E-state index in [1.54, 1.807) is 7.11 Å². The molecule has 108 valence electrons. The van der Waals surface area contributed by atoms with Gasteiger partial charge in [-0.3, -0.25) is 4.90 Å². The molecule has 0 fully saturated rings. The summed E-state index contributed by atoms with van der Waals surface area (Å²) in [5.74, 6) is 0.670. The Morgan fingerprint density at radius 3 is 3.05 bits per heavy atom. The van der Waals surface area contributed by atoms with Gasteiger partial charge in [0.2, 0.25) is 0 Å². The van der Waals surface area contributed by atoms with Crippen molar-refractivity contribution in [1.82, 2.24) is 9.47 Å². The zero-order chi connectivity index (χ0) is 13.8. The molecule has 1 aliphatic rings. The van der Waals surface area contributed by atoms with Gasteiger partial charge in [-0.05, 0) is 35.9 Å². The predicted molar refractivity (Wildman–Crippen MR) is 82.8 cm³/mol. The molecule has 3 nitrogen and oxygen atoms in total. The van der Waals surface area contributed by atoms with Gasteiger partial charge in [0.1, 0.15) is 0 Å². The fourth-order valence-corrected chi connectivity index (χ4v) is 3.72. The first-order valence-corrected chi connectivity index (χ1v) is 8.11. The number of methoxy groups -OCH3 is 1. The van der Waals surface area contributed by atoms with Gasteiger partial charge < -0.3 is 9.30 Å². The van der Waals surface area contributed by atoms with Crippen molar-refractivity contribution in [2.45, 2.75) is 26.1 Å². The van der Waals surface area contributed by atoms with Crippen LogP contribution in [0.2, 0.25) is 0 Å². The van der Waals surface area contributed by atoms with Crippen molar-refractivity contribution in [3.05, 3.63) is 46.4 Å². The van der Waals surface area contributed by atoms with Crippen LogP contribution >= 0.6 is 11.3 Å². The van der Waals surface area contributed by atoms with E-state index in [4.69, 9.17) is 4.74 Å². The van der Waals surface area contributed by atoms with Gasteiger partial charge in [-0.15, -0.1) is 11.3 Å². The zero-order valence-corrected chi connectivity index (χ0v) is 12.8. The number of nitrogens with zero attached hydrogens (tertiary/aromatic N) is 2. The fraction of sp³-hybridized carbons (Fsp3) is 0.500. The molecule has 0 saturated carbocycles. The molecule has 4 heteroatoms. The van der Waals surface area contributed by atoms with Crippen LogP contribution in [-0.2, 0) is 24.4 Å². The normalized spacial score (nSPS) is 19.8. The van der Waals surface area contributed by atoms with Gasteiger partial charge in [-0.1, -0.05) is 6.07 Å². The smallest absolute Gasteiger partial charge is 0.0466 e. The first-order chi connectivity index (χ1) is 9.85. The molecule has 0 aromatic carbocycles. The highest BCUT2D eigenvalue weighted by atomic mass is 32.1. The number of aromatic nitrogens is 1. The van der Waals surface area contributed by atoms with Gasteiger partial charge >= 0.3 is 0 Å². The molecule has 0 N–H and O–H groups in total. The average molecular weight is 290 g/mol.